The van der Waals surface area contributed by atoms with Crippen LogP contribution in [0, 0.1) is 0 Å². The van der Waals surface area contributed by atoms with Gasteiger partial charge in [-0.25, -0.2) is 4.79 Å². The van der Waals surface area contributed by atoms with Gasteiger partial charge < -0.3 is 14.5 Å². The Hall–Kier alpha value is -3.94. The van der Waals surface area contributed by atoms with E-state index in [1.807, 2.05) is 32.9 Å². The first kappa shape index (κ1) is 23.2. The van der Waals surface area contributed by atoms with Crippen LogP contribution in [0.5, 0.6) is 0 Å². The number of fused-ring (bicyclic) bond motifs is 1. The van der Waals surface area contributed by atoms with Gasteiger partial charge in [-0.1, -0.05) is 36.4 Å². The SMILES string of the molecule is CC(C)(C)OC(=O)N1CCN(C(=O)c2cccc(/C=C/c3cccc4c3C(=O)NC4=O)c2)CC1. The molecule has 8 heteroatoms. The van der Waals surface area contributed by atoms with Crippen LogP contribution in [0.4, 0.5) is 4.79 Å². The van der Waals surface area contributed by atoms with Gasteiger partial charge in [-0.2, -0.15) is 0 Å². The van der Waals surface area contributed by atoms with Crippen molar-refractivity contribution in [3.8, 4) is 0 Å². The molecule has 0 aromatic heterocycles. The Morgan fingerprint density at radius 2 is 1.59 bits per heavy atom. The Bertz CT molecular complexity index is 1190. The zero-order valence-electron chi connectivity index (χ0n) is 19.5. The lowest BCUT2D eigenvalue weighted by atomic mass is 10.0. The lowest BCUT2D eigenvalue weighted by Gasteiger charge is -2.35. The number of nitrogens with one attached hydrogen (secondary N) is 1. The number of carbonyl (C=O) groups excluding carboxylic acids is 4. The van der Waals surface area contributed by atoms with Gasteiger partial charge in [-0.05, 0) is 50.1 Å². The normalized spacial score (nSPS) is 16.0. The highest BCUT2D eigenvalue weighted by Gasteiger charge is 2.29. The number of ether oxygens (including phenoxy) is 1. The van der Waals surface area contributed by atoms with Crippen LogP contribution in [0.15, 0.2) is 42.5 Å². The predicted molar refractivity (Wildman–Crippen MR) is 127 cm³/mol. The molecule has 0 radical (unpaired) electrons. The predicted octanol–water partition coefficient (Wildman–Crippen LogP) is 3.43. The zero-order valence-corrected chi connectivity index (χ0v) is 19.5. The van der Waals surface area contributed by atoms with E-state index in [9.17, 15) is 19.2 Å². The summed E-state index contributed by atoms with van der Waals surface area (Å²) < 4.78 is 5.41. The minimum atomic E-state index is -0.558. The maximum atomic E-state index is 13.0. The number of hydrogen-bond donors (Lipinski definition) is 1. The molecule has 2 aliphatic rings. The first-order valence-electron chi connectivity index (χ1n) is 11.2. The largest absolute Gasteiger partial charge is 0.444 e. The smallest absolute Gasteiger partial charge is 0.410 e. The minimum absolute atomic E-state index is 0.107. The highest BCUT2D eigenvalue weighted by atomic mass is 16.6. The van der Waals surface area contributed by atoms with Gasteiger partial charge in [0.1, 0.15) is 5.60 Å². The number of benzene rings is 2. The summed E-state index contributed by atoms with van der Waals surface area (Å²) in [4.78, 5) is 52.6. The summed E-state index contributed by atoms with van der Waals surface area (Å²) in [6.45, 7) is 7.16. The molecule has 0 spiro atoms. The molecule has 2 aromatic carbocycles. The Balaban J connectivity index is 1.43. The first-order valence-corrected chi connectivity index (χ1v) is 11.2. The number of imide groups is 1. The van der Waals surface area contributed by atoms with E-state index in [1.54, 1.807) is 52.3 Å². The summed E-state index contributed by atoms with van der Waals surface area (Å²) >= 11 is 0. The Labute approximate surface area is 198 Å². The summed E-state index contributed by atoms with van der Waals surface area (Å²) in [5.41, 5.74) is 2.13. The molecule has 2 aliphatic heterocycles. The number of carbonyl (C=O) groups is 4. The van der Waals surface area contributed by atoms with Gasteiger partial charge in [-0.3, -0.25) is 19.7 Å². The summed E-state index contributed by atoms with van der Waals surface area (Å²) in [6, 6.07) is 12.3. The molecule has 176 valence electrons. The molecule has 34 heavy (non-hydrogen) atoms. The van der Waals surface area contributed by atoms with Gasteiger partial charge >= 0.3 is 6.09 Å². The second-order valence-corrected chi connectivity index (χ2v) is 9.27. The molecule has 0 atom stereocenters. The first-order chi connectivity index (χ1) is 16.1. The van der Waals surface area contributed by atoms with Crippen molar-refractivity contribution < 1.29 is 23.9 Å². The maximum absolute atomic E-state index is 13.0. The van der Waals surface area contributed by atoms with Gasteiger partial charge in [0.25, 0.3) is 17.7 Å². The number of amides is 4. The van der Waals surface area contributed by atoms with Gasteiger partial charge in [0.15, 0.2) is 0 Å². The van der Waals surface area contributed by atoms with Crippen molar-refractivity contribution in [2.45, 2.75) is 26.4 Å². The molecular formula is C26H27N3O5. The number of hydrogen-bond acceptors (Lipinski definition) is 5. The summed E-state index contributed by atoms with van der Waals surface area (Å²) in [5.74, 6) is -0.908. The highest BCUT2D eigenvalue weighted by molar-refractivity contribution is 6.23. The minimum Gasteiger partial charge on any atom is -0.444 e. The Morgan fingerprint density at radius 1 is 0.912 bits per heavy atom. The van der Waals surface area contributed by atoms with Gasteiger partial charge in [0.2, 0.25) is 0 Å². The third-order valence-corrected chi connectivity index (χ3v) is 5.60. The zero-order chi connectivity index (χ0) is 24.5. The topological polar surface area (TPSA) is 96.0 Å². The summed E-state index contributed by atoms with van der Waals surface area (Å²) in [5, 5.41) is 2.31. The van der Waals surface area contributed by atoms with Crippen molar-refractivity contribution >= 4 is 36.0 Å². The van der Waals surface area contributed by atoms with Crippen LogP contribution in [0.3, 0.4) is 0 Å². The number of rotatable bonds is 3. The average molecular weight is 462 g/mol. The van der Waals surface area contributed by atoms with Crippen molar-refractivity contribution in [3.63, 3.8) is 0 Å². The van der Waals surface area contributed by atoms with Crippen LogP contribution in [-0.4, -0.2) is 65.4 Å². The fourth-order valence-electron chi connectivity index (χ4n) is 3.95. The van der Waals surface area contributed by atoms with Crippen LogP contribution in [0.25, 0.3) is 12.2 Å². The van der Waals surface area contributed by atoms with E-state index in [2.05, 4.69) is 5.32 Å². The Kier molecular flexibility index (Phi) is 6.24. The third kappa shape index (κ3) is 5.01. The van der Waals surface area contributed by atoms with E-state index in [0.717, 1.165) is 5.56 Å². The van der Waals surface area contributed by atoms with Crippen LogP contribution >= 0.6 is 0 Å². The van der Waals surface area contributed by atoms with Gasteiger partial charge in [0.05, 0.1) is 11.1 Å². The average Bonchev–Trinajstić information content (AvgIpc) is 3.10. The maximum Gasteiger partial charge on any atom is 0.410 e. The molecule has 0 unspecified atom stereocenters. The quantitative estimate of drug-likeness (QED) is 0.558. The summed E-state index contributed by atoms with van der Waals surface area (Å²) in [7, 11) is 0. The molecular weight excluding hydrogens is 434 g/mol. The van der Waals surface area contributed by atoms with E-state index in [4.69, 9.17) is 4.74 Å². The van der Waals surface area contributed by atoms with Crippen LogP contribution in [0.2, 0.25) is 0 Å². The molecule has 8 nitrogen and oxygen atoms in total. The molecule has 1 saturated heterocycles. The van der Waals surface area contributed by atoms with Crippen LogP contribution in [0.1, 0.15) is 63.0 Å². The lowest BCUT2D eigenvalue weighted by molar-refractivity contribution is 0.0141. The van der Waals surface area contributed by atoms with Crippen LogP contribution < -0.4 is 5.32 Å². The lowest BCUT2D eigenvalue weighted by Crippen LogP contribution is -2.51. The standard InChI is InChI=1S/C26H27N3O5/c1-26(2,3)34-25(33)29-14-12-28(13-15-29)24(32)19-8-4-6-17(16-19)10-11-18-7-5-9-20-21(18)23(31)27-22(20)30/h4-11,16H,12-15H2,1-3H3,(H,27,30,31)/b11-10+. The van der Waals surface area contributed by atoms with E-state index >= 15 is 0 Å². The third-order valence-electron chi connectivity index (χ3n) is 5.60. The second kappa shape index (κ2) is 9.13. The van der Waals surface area contributed by atoms with Crippen LogP contribution in [-0.2, 0) is 4.74 Å². The van der Waals surface area contributed by atoms with E-state index in [-0.39, 0.29) is 12.0 Å². The molecule has 0 aliphatic carbocycles. The molecule has 0 saturated carbocycles. The van der Waals surface area contributed by atoms with Crippen molar-refractivity contribution in [3.05, 3.63) is 70.3 Å². The molecule has 1 fully saturated rings. The van der Waals surface area contributed by atoms with Gasteiger partial charge in [0, 0.05) is 31.7 Å². The highest BCUT2D eigenvalue weighted by Crippen LogP contribution is 2.22. The number of nitrogens with zero attached hydrogens (tertiary/aromatic N) is 2. The molecule has 4 rings (SSSR count). The van der Waals surface area contributed by atoms with Gasteiger partial charge in [-0.15, -0.1) is 0 Å². The van der Waals surface area contributed by atoms with E-state index < -0.39 is 17.4 Å². The summed E-state index contributed by atoms with van der Waals surface area (Å²) in [6.07, 6.45) is 3.21. The molecule has 2 heterocycles. The molecule has 2 aromatic rings. The van der Waals surface area contributed by atoms with E-state index in [1.165, 1.54) is 0 Å². The van der Waals surface area contributed by atoms with Crippen molar-refractivity contribution in [1.29, 1.82) is 0 Å². The molecule has 4 amide bonds. The Morgan fingerprint density at radius 3 is 2.29 bits per heavy atom. The van der Waals surface area contributed by atoms with Crippen molar-refractivity contribution in [2.24, 2.45) is 0 Å². The fraction of sp³-hybridized carbons (Fsp3) is 0.308. The molecule has 0 bridgehead atoms. The van der Waals surface area contributed by atoms with Crippen molar-refractivity contribution in [1.82, 2.24) is 15.1 Å². The fourth-order valence-corrected chi connectivity index (χ4v) is 3.95. The van der Waals surface area contributed by atoms with E-state index in [0.29, 0.717) is 48.4 Å². The second-order valence-electron chi connectivity index (χ2n) is 9.27. The number of piperazine rings is 1. The monoisotopic (exact) mass is 461 g/mol. The van der Waals surface area contributed by atoms with Crippen molar-refractivity contribution in [2.75, 3.05) is 26.2 Å². The molecule has 1 N–H and O–H groups in total.